The standard InChI is InChI=1S/C31H21Cl2FN2O5/c1-38-28-12-17(6-11-26(28)39-16-18-4-2-3-5-25(18)34)29-22-10-8-20(14-27(22)41-30(36)23(29)15-35)40-31(37)21-9-7-19(32)13-24(21)33/h2-14,29H,16,36H2,1H3. The van der Waals surface area contributed by atoms with Gasteiger partial charge in [-0.3, -0.25) is 0 Å². The molecule has 0 bridgehead atoms. The molecule has 1 unspecified atom stereocenters. The maximum absolute atomic E-state index is 14.0. The van der Waals surface area contributed by atoms with E-state index in [0.29, 0.717) is 39.0 Å². The highest BCUT2D eigenvalue weighted by Crippen LogP contribution is 2.45. The molecule has 0 radical (unpaired) electrons. The van der Waals surface area contributed by atoms with Gasteiger partial charge in [0.15, 0.2) is 11.5 Å². The molecule has 7 nitrogen and oxygen atoms in total. The largest absolute Gasteiger partial charge is 0.493 e. The predicted molar refractivity (Wildman–Crippen MR) is 151 cm³/mol. The van der Waals surface area contributed by atoms with Gasteiger partial charge in [-0.15, -0.1) is 0 Å². The summed E-state index contributed by atoms with van der Waals surface area (Å²) in [6.07, 6.45) is 0. The molecule has 1 atom stereocenters. The molecular formula is C31H21Cl2FN2O5. The van der Waals surface area contributed by atoms with Gasteiger partial charge >= 0.3 is 5.97 Å². The minimum Gasteiger partial charge on any atom is -0.493 e. The number of nitriles is 1. The number of carbonyl (C=O) groups excluding carboxylic acids is 1. The Balaban J connectivity index is 1.44. The first-order chi connectivity index (χ1) is 19.8. The van der Waals surface area contributed by atoms with E-state index in [-0.39, 0.29) is 40.2 Å². The van der Waals surface area contributed by atoms with Crippen molar-refractivity contribution in [2.75, 3.05) is 7.11 Å². The van der Waals surface area contributed by atoms with Crippen molar-refractivity contribution in [3.8, 4) is 29.1 Å². The van der Waals surface area contributed by atoms with Crippen molar-refractivity contribution in [1.82, 2.24) is 0 Å². The lowest BCUT2D eigenvalue weighted by Crippen LogP contribution is -2.21. The second kappa shape index (κ2) is 11.8. The SMILES string of the molecule is COc1cc(C2C(C#N)=C(N)Oc3cc(OC(=O)c4ccc(Cl)cc4Cl)ccc32)ccc1OCc1ccccc1F. The van der Waals surface area contributed by atoms with Gasteiger partial charge in [0, 0.05) is 22.2 Å². The van der Waals surface area contributed by atoms with Gasteiger partial charge in [0.25, 0.3) is 0 Å². The third-order valence-electron chi connectivity index (χ3n) is 6.41. The summed E-state index contributed by atoms with van der Waals surface area (Å²) < 4.78 is 36.7. The highest BCUT2D eigenvalue weighted by molar-refractivity contribution is 6.36. The van der Waals surface area contributed by atoms with Gasteiger partial charge in [0.2, 0.25) is 5.88 Å². The normalized spacial score (nSPS) is 14.0. The van der Waals surface area contributed by atoms with Crippen LogP contribution >= 0.6 is 23.2 Å². The van der Waals surface area contributed by atoms with Crippen LogP contribution in [-0.4, -0.2) is 13.1 Å². The Morgan fingerprint density at radius 3 is 2.59 bits per heavy atom. The third-order valence-corrected chi connectivity index (χ3v) is 6.96. The van der Waals surface area contributed by atoms with E-state index in [2.05, 4.69) is 6.07 Å². The summed E-state index contributed by atoms with van der Waals surface area (Å²) in [7, 11) is 1.48. The molecule has 0 saturated heterocycles. The fourth-order valence-electron chi connectivity index (χ4n) is 4.41. The van der Waals surface area contributed by atoms with E-state index in [9.17, 15) is 14.4 Å². The molecule has 4 aromatic carbocycles. The number of carbonyl (C=O) groups is 1. The summed E-state index contributed by atoms with van der Waals surface area (Å²) in [4.78, 5) is 12.7. The number of benzene rings is 4. The van der Waals surface area contributed by atoms with Crippen LogP contribution in [0.4, 0.5) is 4.39 Å². The van der Waals surface area contributed by atoms with Crippen LogP contribution in [0.25, 0.3) is 0 Å². The van der Waals surface area contributed by atoms with Crippen molar-refractivity contribution in [2.45, 2.75) is 12.5 Å². The number of hydrogen-bond acceptors (Lipinski definition) is 7. The average Bonchev–Trinajstić information content (AvgIpc) is 2.95. The first-order valence-corrected chi connectivity index (χ1v) is 13.0. The predicted octanol–water partition coefficient (Wildman–Crippen LogP) is 7.16. The van der Waals surface area contributed by atoms with Crippen LogP contribution in [0, 0.1) is 17.1 Å². The van der Waals surface area contributed by atoms with Gasteiger partial charge in [-0.1, -0.05) is 53.5 Å². The number of methoxy groups -OCH3 is 1. The maximum Gasteiger partial charge on any atom is 0.345 e. The number of halogens is 3. The Labute approximate surface area is 245 Å². The Hall–Kier alpha value is -4.71. The lowest BCUT2D eigenvalue weighted by Gasteiger charge is -2.27. The minimum atomic E-state index is -0.684. The zero-order valence-corrected chi connectivity index (χ0v) is 23.0. The van der Waals surface area contributed by atoms with Crippen molar-refractivity contribution in [3.63, 3.8) is 0 Å². The van der Waals surface area contributed by atoms with Crippen LogP contribution < -0.4 is 24.7 Å². The van der Waals surface area contributed by atoms with E-state index in [4.69, 9.17) is 47.9 Å². The van der Waals surface area contributed by atoms with Crippen molar-refractivity contribution in [2.24, 2.45) is 5.73 Å². The van der Waals surface area contributed by atoms with Gasteiger partial charge in [-0.05, 0) is 48.0 Å². The molecule has 5 rings (SSSR count). The van der Waals surface area contributed by atoms with Crippen molar-refractivity contribution >= 4 is 29.2 Å². The number of hydrogen-bond donors (Lipinski definition) is 1. The van der Waals surface area contributed by atoms with E-state index >= 15 is 0 Å². The van der Waals surface area contributed by atoms with Crippen LogP contribution in [-0.2, 0) is 6.61 Å². The van der Waals surface area contributed by atoms with Crippen LogP contribution in [0.3, 0.4) is 0 Å². The van der Waals surface area contributed by atoms with Gasteiger partial charge in [-0.2, -0.15) is 5.26 Å². The van der Waals surface area contributed by atoms with Crippen LogP contribution in [0.2, 0.25) is 10.0 Å². The molecular weight excluding hydrogens is 570 g/mol. The summed E-state index contributed by atoms with van der Waals surface area (Å²) in [5, 5.41) is 10.5. The van der Waals surface area contributed by atoms with Gasteiger partial charge in [-0.25, -0.2) is 9.18 Å². The van der Waals surface area contributed by atoms with E-state index in [1.54, 1.807) is 48.5 Å². The maximum atomic E-state index is 14.0. The monoisotopic (exact) mass is 590 g/mol. The molecule has 0 aromatic heterocycles. The molecule has 0 amide bonds. The summed E-state index contributed by atoms with van der Waals surface area (Å²) in [5.41, 5.74) is 8.15. The van der Waals surface area contributed by atoms with Crippen molar-refractivity contribution in [3.05, 3.63) is 128 Å². The molecule has 0 fully saturated rings. The number of nitrogens with zero attached hydrogens (tertiary/aromatic N) is 1. The Morgan fingerprint density at radius 1 is 1.05 bits per heavy atom. The quantitative estimate of drug-likeness (QED) is 0.180. The van der Waals surface area contributed by atoms with E-state index in [1.807, 2.05) is 0 Å². The number of rotatable bonds is 7. The second-order valence-electron chi connectivity index (χ2n) is 8.93. The molecule has 2 N–H and O–H groups in total. The Bertz CT molecular complexity index is 1730. The fraction of sp³-hybridized carbons (Fsp3) is 0.0968. The lowest BCUT2D eigenvalue weighted by molar-refractivity contribution is 0.0734. The molecule has 206 valence electrons. The minimum absolute atomic E-state index is 0.00150. The van der Waals surface area contributed by atoms with Crippen molar-refractivity contribution < 1.29 is 28.1 Å². The Kier molecular flexibility index (Phi) is 8.02. The smallest absolute Gasteiger partial charge is 0.345 e. The summed E-state index contributed by atoms with van der Waals surface area (Å²) in [6.45, 7) is 0.00150. The molecule has 0 saturated carbocycles. The molecule has 41 heavy (non-hydrogen) atoms. The number of esters is 1. The summed E-state index contributed by atoms with van der Waals surface area (Å²) in [6, 6.07) is 22.8. The fourth-order valence-corrected chi connectivity index (χ4v) is 4.90. The highest BCUT2D eigenvalue weighted by atomic mass is 35.5. The molecule has 0 spiro atoms. The van der Waals surface area contributed by atoms with Gasteiger partial charge in [0.1, 0.15) is 35.6 Å². The molecule has 1 aliphatic heterocycles. The molecule has 1 heterocycles. The van der Waals surface area contributed by atoms with Crippen LogP contribution in [0.1, 0.15) is 33.0 Å². The lowest BCUT2D eigenvalue weighted by atomic mass is 9.83. The summed E-state index contributed by atoms with van der Waals surface area (Å²) in [5.74, 6) is -0.502. The zero-order chi connectivity index (χ0) is 29.1. The van der Waals surface area contributed by atoms with Crippen molar-refractivity contribution in [1.29, 1.82) is 5.26 Å². The first-order valence-electron chi connectivity index (χ1n) is 12.2. The molecule has 4 aromatic rings. The number of nitrogens with two attached hydrogens (primary N) is 1. The van der Waals surface area contributed by atoms with Crippen LogP contribution in [0.15, 0.2) is 90.3 Å². The number of fused-ring (bicyclic) bond motifs is 1. The van der Waals surface area contributed by atoms with E-state index < -0.39 is 11.9 Å². The zero-order valence-electron chi connectivity index (χ0n) is 21.5. The number of allylic oxidation sites excluding steroid dienone is 1. The molecule has 1 aliphatic rings. The van der Waals surface area contributed by atoms with E-state index in [0.717, 1.165) is 0 Å². The molecule has 10 heteroatoms. The first kappa shape index (κ1) is 27.8. The topological polar surface area (TPSA) is 104 Å². The van der Waals surface area contributed by atoms with Gasteiger partial charge < -0.3 is 24.7 Å². The average molecular weight is 591 g/mol. The summed E-state index contributed by atoms with van der Waals surface area (Å²) >= 11 is 12.1. The highest BCUT2D eigenvalue weighted by Gasteiger charge is 2.32. The molecule has 0 aliphatic carbocycles. The van der Waals surface area contributed by atoms with Gasteiger partial charge in [0.05, 0.1) is 23.6 Å². The van der Waals surface area contributed by atoms with E-state index in [1.165, 1.54) is 37.4 Å². The second-order valence-corrected chi connectivity index (χ2v) is 9.77. The Morgan fingerprint density at radius 2 is 1.85 bits per heavy atom. The van der Waals surface area contributed by atoms with Crippen LogP contribution in [0.5, 0.6) is 23.0 Å². The number of ether oxygens (including phenoxy) is 4. The third kappa shape index (κ3) is 5.78.